The number of nitrogens with one attached hydrogen (secondary N) is 1. The van der Waals surface area contributed by atoms with E-state index in [-0.39, 0.29) is 11.4 Å². The van der Waals surface area contributed by atoms with Crippen LogP contribution in [0.4, 0.5) is 14.9 Å². The van der Waals surface area contributed by atoms with Gasteiger partial charge in [0, 0.05) is 15.6 Å². The molecule has 1 fully saturated rings. The lowest BCUT2D eigenvalue weighted by molar-refractivity contribution is -0.122. The van der Waals surface area contributed by atoms with Crippen LogP contribution >= 0.6 is 22.6 Å². The fraction of sp³-hybridized carbons (Fsp3) is 0.148. The van der Waals surface area contributed by atoms with Crippen molar-refractivity contribution in [2.24, 2.45) is 0 Å². The third kappa shape index (κ3) is 5.27. The number of carbonyl (C=O) groups is 3. The van der Waals surface area contributed by atoms with Gasteiger partial charge in [0.2, 0.25) is 0 Å². The van der Waals surface area contributed by atoms with E-state index < -0.39 is 17.8 Å². The van der Waals surface area contributed by atoms with Crippen molar-refractivity contribution in [2.75, 3.05) is 11.5 Å². The lowest BCUT2D eigenvalue weighted by atomic mass is 10.00. The molecule has 0 radical (unpaired) electrons. The third-order valence-corrected chi connectivity index (χ3v) is 6.44. The molecule has 3 aromatic rings. The quantitative estimate of drug-likeness (QED) is 0.240. The van der Waals surface area contributed by atoms with E-state index in [9.17, 15) is 18.8 Å². The molecular formula is C27H22FIN2O4. The summed E-state index contributed by atoms with van der Waals surface area (Å²) in [6, 6.07) is 16.2. The van der Waals surface area contributed by atoms with Gasteiger partial charge < -0.3 is 4.74 Å². The number of amides is 4. The van der Waals surface area contributed by atoms with Crippen molar-refractivity contribution in [3.05, 3.63) is 97.9 Å². The number of urea groups is 1. The molecule has 0 atom stereocenters. The molecule has 0 unspecified atom stereocenters. The maximum absolute atomic E-state index is 14.3. The lowest BCUT2D eigenvalue weighted by Gasteiger charge is -2.26. The summed E-state index contributed by atoms with van der Waals surface area (Å²) in [5.74, 6) is -1.26. The number of barbiturate groups is 1. The number of anilines is 1. The van der Waals surface area contributed by atoms with Crippen molar-refractivity contribution >= 4 is 52.2 Å². The summed E-state index contributed by atoms with van der Waals surface area (Å²) in [6.45, 7) is 4.07. The van der Waals surface area contributed by atoms with Crippen molar-refractivity contribution in [2.45, 2.75) is 20.3 Å². The molecule has 1 saturated heterocycles. The van der Waals surface area contributed by atoms with Gasteiger partial charge in [0.1, 0.15) is 17.1 Å². The Morgan fingerprint density at radius 3 is 2.54 bits per heavy atom. The summed E-state index contributed by atoms with van der Waals surface area (Å²) in [4.78, 5) is 39.2. The van der Waals surface area contributed by atoms with Gasteiger partial charge in [0.05, 0.1) is 12.3 Å². The van der Waals surface area contributed by atoms with E-state index in [0.29, 0.717) is 35.6 Å². The number of aryl methyl sites for hydroxylation is 1. The summed E-state index contributed by atoms with van der Waals surface area (Å²) >= 11 is 2.13. The van der Waals surface area contributed by atoms with Crippen molar-refractivity contribution in [1.82, 2.24) is 5.32 Å². The fourth-order valence-electron chi connectivity index (χ4n) is 3.83. The summed E-state index contributed by atoms with van der Waals surface area (Å²) in [5.41, 5.74) is 2.95. The van der Waals surface area contributed by atoms with Crippen LogP contribution in [0.2, 0.25) is 0 Å². The Balaban J connectivity index is 1.73. The number of imide groups is 2. The minimum absolute atomic E-state index is 0.175. The van der Waals surface area contributed by atoms with Crippen molar-refractivity contribution in [3.8, 4) is 5.75 Å². The highest BCUT2D eigenvalue weighted by molar-refractivity contribution is 14.1. The highest BCUT2D eigenvalue weighted by atomic mass is 127. The molecule has 4 amide bonds. The number of ether oxygens (including phenoxy) is 1. The Kier molecular flexibility index (Phi) is 7.30. The molecule has 1 heterocycles. The molecule has 4 rings (SSSR count). The molecule has 1 aliphatic heterocycles. The minimum atomic E-state index is -0.799. The van der Waals surface area contributed by atoms with Gasteiger partial charge >= 0.3 is 6.03 Å². The molecule has 0 spiro atoms. The number of rotatable bonds is 6. The van der Waals surface area contributed by atoms with Crippen LogP contribution in [0.15, 0.2) is 66.2 Å². The maximum atomic E-state index is 14.3. The van der Waals surface area contributed by atoms with Gasteiger partial charge in [0.25, 0.3) is 11.8 Å². The zero-order valence-corrected chi connectivity index (χ0v) is 21.3. The number of halogens is 2. The predicted octanol–water partition coefficient (Wildman–Crippen LogP) is 5.39. The van der Waals surface area contributed by atoms with Crippen LogP contribution in [0, 0.1) is 16.3 Å². The Hall–Kier alpha value is -3.53. The van der Waals surface area contributed by atoms with Gasteiger partial charge in [-0.05, 0) is 89.5 Å². The highest BCUT2D eigenvalue weighted by Gasteiger charge is 2.36. The summed E-state index contributed by atoms with van der Waals surface area (Å²) in [7, 11) is 0. The lowest BCUT2D eigenvalue weighted by Crippen LogP contribution is -2.54. The van der Waals surface area contributed by atoms with E-state index in [1.165, 1.54) is 12.1 Å². The molecule has 0 aliphatic carbocycles. The van der Waals surface area contributed by atoms with Crippen LogP contribution in [0.5, 0.6) is 5.75 Å². The Bertz CT molecular complexity index is 1370. The van der Waals surface area contributed by atoms with Crippen LogP contribution in [0.3, 0.4) is 0 Å². The van der Waals surface area contributed by atoms with Crippen molar-refractivity contribution < 1.29 is 23.5 Å². The van der Waals surface area contributed by atoms with Crippen LogP contribution in [-0.4, -0.2) is 24.5 Å². The number of hydrogen-bond acceptors (Lipinski definition) is 4. The van der Waals surface area contributed by atoms with Gasteiger partial charge in [-0.1, -0.05) is 30.3 Å². The highest BCUT2D eigenvalue weighted by Crippen LogP contribution is 2.31. The first-order valence-electron chi connectivity index (χ1n) is 10.9. The van der Waals surface area contributed by atoms with Gasteiger partial charge in [-0.2, -0.15) is 0 Å². The van der Waals surface area contributed by atoms with Crippen LogP contribution in [0.1, 0.15) is 29.2 Å². The molecule has 8 heteroatoms. The average Bonchev–Trinajstić information content (AvgIpc) is 2.80. The predicted molar refractivity (Wildman–Crippen MR) is 140 cm³/mol. The van der Waals surface area contributed by atoms with Gasteiger partial charge in [0.15, 0.2) is 0 Å². The first kappa shape index (κ1) is 24.6. The van der Waals surface area contributed by atoms with E-state index in [1.54, 1.807) is 48.5 Å². The Labute approximate surface area is 215 Å². The molecule has 3 aromatic carbocycles. The van der Waals surface area contributed by atoms with E-state index in [0.717, 1.165) is 19.6 Å². The average molecular weight is 584 g/mol. The SMILES string of the molecule is CCOc1cc(/C=C2\C(=O)NC(=O)N(c3cccc(C)c3)C2=O)cc(I)c1Cc1ccccc1F. The Morgan fingerprint density at radius 2 is 1.83 bits per heavy atom. The summed E-state index contributed by atoms with van der Waals surface area (Å²) in [5, 5.41) is 2.24. The van der Waals surface area contributed by atoms with Crippen LogP contribution < -0.4 is 15.0 Å². The number of hydrogen-bond donors (Lipinski definition) is 1. The van der Waals surface area contributed by atoms with E-state index in [2.05, 4.69) is 27.9 Å². The number of benzene rings is 3. The van der Waals surface area contributed by atoms with Crippen molar-refractivity contribution in [1.29, 1.82) is 0 Å². The van der Waals surface area contributed by atoms with Gasteiger partial charge in [-0.3, -0.25) is 14.9 Å². The smallest absolute Gasteiger partial charge is 0.335 e. The van der Waals surface area contributed by atoms with Gasteiger partial charge in [-0.15, -0.1) is 0 Å². The van der Waals surface area contributed by atoms with Gasteiger partial charge in [-0.25, -0.2) is 14.1 Å². The monoisotopic (exact) mass is 584 g/mol. The maximum Gasteiger partial charge on any atom is 0.335 e. The normalized spacial score (nSPS) is 14.9. The topological polar surface area (TPSA) is 75.7 Å². The van der Waals surface area contributed by atoms with E-state index >= 15 is 0 Å². The molecular weight excluding hydrogens is 562 g/mol. The molecule has 0 saturated carbocycles. The zero-order valence-electron chi connectivity index (χ0n) is 19.1. The van der Waals surface area contributed by atoms with Crippen LogP contribution in [0.25, 0.3) is 6.08 Å². The van der Waals surface area contributed by atoms with E-state index in [4.69, 9.17) is 4.74 Å². The van der Waals surface area contributed by atoms with Crippen molar-refractivity contribution in [3.63, 3.8) is 0 Å². The summed E-state index contributed by atoms with van der Waals surface area (Å²) < 4.78 is 20.9. The molecule has 6 nitrogen and oxygen atoms in total. The molecule has 0 bridgehead atoms. The second-order valence-corrected chi connectivity index (χ2v) is 9.14. The first-order chi connectivity index (χ1) is 16.8. The number of carbonyl (C=O) groups excluding carboxylic acids is 3. The minimum Gasteiger partial charge on any atom is -0.494 e. The standard InChI is InChI=1S/C27H22FIN2O4/c1-3-35-24-14-17(13-23(29)20(24)15-18-8-4-5-10-22(18)28)12-21-25(32)30-27(34)31(26(21)33)19-9-6-7-16(2)11-19/h4-14H,3,15H2,1-2H3,(H,30,32,34)/b21-12+. The molecule has 0 aromatic heterocycles. The van der Waals surface area contributed by atoms with E-state index in [1.807, 2.05) is 19.9 Å². The molecule has 178 valence electrons. The largest absolute Gasteiger partial charge is 0.494 e. The first-order valence-corrected chi connectivity index (χ1v) is 12.0. The second kappa shape index (κ2) is 10.4. The zero-order chi connectivity index (χ0) is 25.1. The second-order valence-electron chi connectivity index (χ2n) is 7.98. The molecule has 1 aliphatic rings. The Morgan fingerprint density at radius 1 is 1.06 bits per heavy atom. The fourth-order valence-corrected chi connectivity index (χ4v) is 4.64. The third-order valence-electron chi connectivity index (χ3n) is 5.47. The molecule has 1 N–H and O–H groups in total. The van der Waals surface area contributed by atoms with Crippen LogP contribution in [-0.2, 0) is 16.0 Å². The summed E-state index contributed by atoms with van der Waals surface area (Å²) in [6.07, 6.45) is 1.76. The molecule has 35 heavy (non-hydrogen) atoms. The number of nitrogens with zero attached hydrogens (tertiary/aromatic N) is 1.